The molecule has 1 saturated carbocycles. The topological polar surface area (TPSA) is 111 Å². The Morgan fingerprint density at radius 2 is 1.94 bits per heavy atom. The molecule has 3 aromatic heterocycles. The molecule has 0 spiro atoms. The van der Waals surface area contributed by atoms with Crippen LogP contribution in [0, 0.1) is 17.6 Å². The normalized spacial score (nSPS) is 22.2. The molecule has 0 aliphatic heterocycles. The van der Waals surface area contributed by atoms with Gasteiger partial charge in [-0.3, -0.25) is 4.98 Å². The zero-order valence-corrected chi connectivity index (χ0v) is 20.0. The predicted molar refractivity (Wildman–Crippen MR) is 132 cm³/mol. The molecule has 4 aromatic rings. The molecule has 0 saturated heterocycles. The molecule has 36 heavy (non-hydrogen) atoms. The smallest absolute Gasteiger partial charge is 0.229 e. The molecule has 0 amide bonds. The van der Waals surface area contributed by atoms with Crippen molar-refractivity contribution >= 4 is 17.2 Å². The number of anilines is 2. The molecule has 1 aliphatic rings. The molecule has 10 heteroatoms. The number of hydrogen-bond donors (Lipinski definition) is 3. The van der Waals surface area contributed by atoms with Gasteiger partial charge in [0, 0.05) is 19.3 Å². The Bertz CT molecular complexity index is 1360. The third-order valence-corrected chi connectivity index (χ3v) is 6.83. The Balaban J connectivity index is 1.49. The van der Waals surface area contributed by atoms with Crippen molar-refractivity contribution in [3.8, 4) is 11.3 Å². The van der Waals surface area contributed by atoms with E-state index in [4.69, 9.17) is 10.5 Å². The first-order chi connectivity index (χ1) is 17.4. The van der Waals surface area contributed by atoms with Gasteiger partial charge in [-0.25, -0.2) is 13.8 Å². The number of rotatable bonds is 6. The van der Waals surface area contributed by atoms with Crippen molar-refractivity contribution in [1.82, 2.24) is 19.6 Å². The number of pyridine rings is 1. The molecule has 5 rings (SSSR count). The highest BCUT2D eigenvalue weighted by molar-refractivity contribution is 5.66. The highest BCUT2D eigenvalue weighted by Crippen LogP contribution is 2.39. The van der Waals surface area contributed by atoms with E-state index in [9.17, 15) is 13.9 Å². The van der Waals surface area contributed by atoms with Crippen LogP contribution in [-0.4, -0.2) is 43.9 Å². The SMILES string of the molecule is COCc1cc(F)c(-c2ccc3cnc(Nc4cnccc4C4CC(C)C(O)C(N)C4)n3n2)c(F)c1. The lowest BCUT2D eigenvalue weighted by Gasteiger charge is -2.36. The van der Waals surface area contributed by atoms with Gasteiger partial charge >= 0.3 is 0 Å². The number of halogens is 2. The lowest BCUT2D eigenvalue weighted by Crippen LogP contribution is -2.44. The van der Waals surface area contributed by atoms with Crippen molar-refractivity contribution in [1.29, 1.82) is 0 Å². The highest BCUT2D eigenvalue weighted by atomic mass is 19.1. The zero-order valence-electron chi connectivity index (χ0n) is 20.0. The zero-order chi connectivity index (χ0) is 25.4. The van der Waals surface area contributed by atoms with Gasteiger partial charge in [-0.1, -0.05) is 6.92 Å². The number of nitrogens with two attached hydrogens (primary N) is 1. The average molecular weight is 495 g/mol. The number of fused-ring (bicyclic) bond motifs is 1. The summed E-state index contributed by atoms with van der Waals surface area (Å²) in [5, 5.41) is 18.0. The van der Waals surface area contributed by atoms with Gasteiger partial charge in [-0.05, 0) is 66.1 Å². The maximum atomic E-state index is 14.8. The summed E-state index contributed by atoms with van der Waals surface area (Å²) in [6.45, 7) is 2.10. The molecule has 1 aromatic carbocycles. The van der Waals surface area contributed by atoms with Crippen molar-refractivity contribution < 1.29 is 18.6 Å². The van der Waals surface area contributed by atoms with Crippen molar-refractivity contribution in [2.24, 2.45) is 11.7 Å². The van der Waals surface area contributed by atoms with Crippen molar-refractivity contribution in [3.63, 3.8) is 0 Å². The van der Waals surface area contributed by atoms with E-state index in [1.807, 2.05) is 13.0 Å². The molecule has 3 heterocycles. The largest absolute Gasteiger partial charge is 0.391 e. The quantitative estimate of drug-likeness (QED) is 0.369. The summed E-state index contributed by atoms with van der Waals surface area (Å²) in [5.41, 5.74) is 8.91. The van der Waals surface area contributed by atoms with Crippen LogP contribution in [0.2, 0.25) is 0 Å². The number of ether oxygens (including phenoxy) is 1. The van der Waals surface area contributed by atoms with Crippen LogP contribution in [0.5, 0.6) is 0 Å². The number of aromatic nitrogens is 4. The number of benzene rings is 1. The standard InChI is InChI=1S/C26H28F2N6O2/c1-14-7-16(10-21(29)25(14)35)18-5-6-30-12-23(18)32-26-31-11-17-3-4-22(33-34(17)26)24-19(27)8-15(13-36-2)9-20(24)28/h3-6,8-9,11-12,14,16,21,25,35H,7,10,13,29H2,1-2H3,(H,31,32). The molecular formula is C26H28F2N6O2. The second-order valence-corrected chi connectivity index (χ2v) is 9.39. The van der Waals surface area contributed by atoms with Crippen LogP contribution < -0.4 is 11.1 Å². The summed E-state index contributed by atoms with van der Waals surface area (Å²) in [5.74, 6) is -0.860. The van der Waals surface area contributed by atoms with Gasteiger partial charge in [0.1, 0.15) is 11.6 Å². The molecule has 188 valence electrons. The van der Waals surface area contributed by atoms with Crippen LogP contribution >= 0.6 is 0 Å². The Morgan fingerprint density at radius 3 is 2.67 bits per heavy atom. The lowest BCUT2D eigenvalue weighted by molar-refractivity contribution is 0.0521. The lowest BCUT2D eigenvalue weighted by atomic mass is 9.74. The summed E-state index contributed by atoms with van der Waals surface area (Å²) < 4.78 is 36.1. The first-order valence-corrected chi connectivity index (χ1v) is 11.8. The number of imidazole rings is 1. The number of nitrogens with zero attached hydrogens (tertiary/aromatic N) is 4. The fourth-order valence-electron chi connectivity index (χ4n) is 5.04. The maximum absolute atomic E-state index is 14.8. The minimum atomic E-state index is -0.719. The summed E-state index contributed by atoms with van der Waals surface area (Å²) in [6, 6.07) is 7.38. The molecular weight excluding hydrogens is 466 g/mol. The summed E-state index contributed by atoms with van der Waals surface area (Å²) in [7, 11) is 1.47. The van der Waals surface area contributed by atoms with E-state index in [0.717, 1.165) is 17.7 Å². The van der Waals surface area contributed by atoms with Gasteiger partial charge in [0.25, 0.3) is 0 Å². The third kappa shape index (κ3) is 4.55. The van der Waals surface area contributed by atoms with E-state index < -0.39 is 17.7 Å². The monoisotopic (exact) mass is 494 g/mol. The first kappa shape index (κ1) is 24.2. The van der Waals surface area contributed by atoms with Crippen LogP contribution in [0.1, 0.15) is 36.8 Å². The van der Waals surface area contributed by atoms with Gasteiger partial charge in [0.15, 0.2) is 0 Å². The number of methoxy groups -OCH3 is 1. The van der Waals surface area contributed by atoms with Gasteiger partial charge in [0.05, 0.1) is 47.6 Å². The Kier molecular flexibility index (Phi) is 6.65. The molecule has 4 atom stereocenters. The highest BCUT2D eigenvalue weighted by Gasteiger charge is 2.34. The van der Waals surface area contributed by atoms with Crippen LogP contribution in [-0.2, 0) is 11.3 Å². The Labute approximate surface area is 207 Å². The molecule has 0 bridgehead atoms. The van der Waals surface area contributed by atoms with Crippen LogP contribution in [0.3, 0.4) is 0 Å². The van der Waals surface area contributed by atoms with Crippen LogP contribution in [0.25, 0.3) is 16.8 Å². The summed E-state index contributed by atoms with van der Waals surface area (Å²) in [4.78, 5) is 8.69. The second-order valence-electron chi connectivity index (χ2n) is 9.39. The van der Waals surface area contributed by atoms with E-state index in [2.05, 4.69) is 20.4 Å². The summed E-state index contributed by atoms with van der Waals surface area (Å²) >= 11 is 0. The Hall–Kier alpha value is -3.47. The van der Waals surface area contributed by atoms with Gasteiger partial charge in [-0.15, -0.1) is 0 Å². The van der Waals surface area contributed by atoms with Crippen molar-refractivity contribution in [2.75, 3.05) is 12.4 Å². The molecule has 1 aliphatic carbocycles. The molecule has 4 unspecified atom stereocenters. The molecule has 0 radical (unpaired) electrons. The minimum absolute atomic E-state index is 0.0660. The molecule has 4 N–H and O–H groups in total. The minimum Gasteiger partial charge on any atom is -0.391 e. The Morgan fingerprint density at radius 1 is 1.17 bits per heavy atom. The van der Waals surface area contributed by atoms with Crippen molar-refractivity contribution in [3.05, 3.63) is 71.7 Å². The number of aliphatic hydroxyl groups excluding tert-OH is 1. The fourth-order valence-corrected chi connectivity index (χ4v) is 5.04. The predicted octanol–water partition coefficient (Wildman–Crippen LogP) is 4.16. The third-order valence-electron chi connectivity index (χ3n) is 6.83. The molecule has 8 nitrogen and oxygen atoms in total. The van der Waals surface area contributed by atoms with Gasteiger partial charge < -0.3 is 20.9 Å². The second kappa shape index (κ2) is 9.88. The van der Waals surface area contributed by atoms with Gasteiger partial charge in [-0.2, -0.15) is 9.61 Å². The van der Waals surface area contributed by atoms with E-state index in [1.54, 1.807) is 30.7 Å². The van der Waals surface area contributed by atoms with E-state index in [-0.39, 0.29) is 35.7 Å². The van der Waals surface area contributed by atoms with E-state index in [1.165, 1.54) is 23.8 Å². The first-order valence-electron chi connectivity index (χ1n) is 11.8. The number of aliphatic hydroxyl groups is 1. The summed E-state index contributed by atoms with van der Waals surface area (Å²) in [6.07, 6.45) is 5.96. The number of nitrogens with one attached hydrogen (secondary N) is 1. The maximum Gasteiger partial charge on any atom is 0.229 e. The average Bonchev–Trinajstić information content (AvgIpc) is 3.24. The van der Waals surface area contributed by atoms with E-state index in [0.29, 0.717) is 23.4 Å². The number of hydrogen-bond acceptors (Lipinski definition) is 7. The van der Waals surface area contributed by atoms with Crippen molar-refractivity contribution in [2.45, 2.75) is 44.4 Å². The van der Waals surface area contributed by atoms with E-state index >= 15 is 0 Å². The molecule has 1 fully saturated rings. The van der Waals surface area contributed by atoms with Crippen LogP contribution in [0.4, 0.5) is 20.4 Å². The fraction of sp³-hybridized carbons (Fsp3) is 0.346. The van der Waals surface area contributed by atoms with Gasteiger partial charge in [0.2, 0.25) is 5.95 Å². The van der Waals surface area contributed by atoms with Crippen LogP contribution in [0.15, 0.2) is 48.9 Å².